The number of halogens is 2. The number of benzene rings is 1. The monoisotopic (exact) mass is 365 g/mol. The van der Waals surface area contributed by atoms with Gasteiger partial charge in [0.05, 0.1) is 6.04 Å². The van der Waals surface area contributed by atoms with Gasteiger partial charge in [0.15, 0.2) is 0 Å². The van der Waals surface area contributed by atoms with E-state index in [9.17, 15) is 13.6 Å². The van der Waals surface area contributed by atoms with Crippen molar-refractivity contribution < 1.29 is 13.6 Å². The van der Waals surface area contributed by atoms with Crippen LogP contribution in [0.15, 0.2) is 12.1 Å². The topological polar surface area (TPSA) is 35.6 Å². The van der Waals surface area contributed by atoms with E-state index >= 15 is 0 Å². The molecule has 0 saturated carbocycles. The number of fused-ring (bicyclic) bond motifs is 1. The van der Waals surface area contributed by atoms with Crippen molar-refractivity contribution in [2.75, 3.05) is 26.7 Å². The Morgan fingerprint density at radius 3 is 2.69 bits per heavy atom. The highest BCUT2D eigenvalue weighted by molar-refractivity contribution is 5.75. The van der Waals surface area contributed by atoms with Crippen LogP contribution in [0, 0.1) is 11.6 Å². The van der Waals surface area contributed by atoms with Crippen LogP contribution < -0.4 is 5.32 Å². The molecule has 2 amide bonds. The number of piperidine rings is 1. The van der Waals surface area contributed by atoms with Gasteiger partial charge in [-0.3, -0.25) is 0 Å². The minimum Gasteiger partial charge on any atom is -0.331 e. The van der Waals surface area contributed by atoms with Crippen molar-refractivity contribution >= 4 is 6.03 Å². The minimum atomic E-state index is -0.584. The molecule has 1 atom stereocenters. The van der Waals surface area contributed by atoms with E-state index in [1.54, 1.807) is 4.90 Å². The third-order valence-electron chi connectivity index (χ3n) is 5.75. The lowest BCUT2D eigenvalue weighted by Crippen LogP contribution is -2.49. The van der Waals surface area contributed by atoms with Crippen LogP contribution in [0.1, 0.15) is 56.2 Å². The maximum Gasteiger partial charge on any atom is 0.317 e. The van der Waals surface area contributed by atoms with Crippen LogP contribution in [0.3, 0.4) is 0 Å². The summed E-state index contributed by atoms with van der Waals surface area (Å²) in [4.78, 5) is 16.9. The summed E-state index contributed by atoms with van der Waals surface area (Å²) in [5.74, 6) is -1.09. The summed E-state index contributed by atoms with van der Waals surface area (Å²) in [6, 6.07) is 2.04. The van der Waals surface area contributed by atoms with E-state index in [1.165, 1.54) is 6.07 Å². The molecular formula is C20H29F2N3O. The Kier molecular flexibility index (Phi) is 6.12. The van der Waals surface area contributed by atoms with Crippen molar-refractivity contribution in [1.29, 1.82) is 0 Å². The van der Waals surface area contributed by atoms with Gasteiger partial charge in [0.1, 0.15) is 11.6 Å². The molecule has 144 valence electrons. The van der Waals surface area contributed by atoms with Gasteiger partial charge in [-0.15, -0.1) is 0 Å². The molecular weight excluding hydrogens is 336 g/mol. The van der Waals surface area contributed by atoms with Gasteiger partial charge in [-0.05, 0) is 62.3 Å². The predicted molar refractivity (Wildman–Crippen MR) is 98.1 cm³/mol. The highest BCUT2D eigenvalue weighted by atomic mass is 19.1. The quantitative estimate of drug-likeness (QED) is 0.879. The molecule has 1 aromatic carbocycles. The van der Waals surface area contributed by atoms with Crippen molar-refractivity contribution in [3.8, 4) is 0 Å². The Morgan fingerprint density at radius 2 is 2.00 bits per heavy atom. The first-order valence-electron chi connectivity index (χ1n) is 9.73. The van der Waals surface area contributed by atoms with E-state index in [2.05, 4.69) is 17.1 Å². The fraction of sp³-hybridized carbons (Fsp3) is 0.650. The van der Waals surface area contributed by atoms with Gasteiger partial charge in [0, 0.05) is 32.2 Å². The molecule has 0 radical (unpaired) electrons. The number of hydrogen-bond donors (Lipinski definition) is 1. The van der Waals surface area contributed by atoms with Gasteiger partial charge in [-0.25, -0.2) is 13.6 Å². The lowest BCUT2D eigenvalue weighted by atomic mass is 9.87. The summed E-state index contributed by atoms with van der Waals surface area (Å²) in [5, 5.41) is 3.00. The lowest BCUT2D eigenvalue weighted by Gasteiger charge is -2.37. The molecule has 0 aromatic heterocycles. The molecule has 1 aliphatic heterocycles. The van der Waals surface area contributed by atoms with Crippen molar-refractivity contribution in [2.45, 2.75) is 57.5 Å². The van der Waals surface area contributed by atoms with Crippen LogP contribution in [0.4, 0.5) is 13.6 Å². The molecule has 1 fully saturated rings. The minimum absolute atomic E-state index is 0.151. The Bertz CT molecular complexity index is 644. The van der Waals surface area contributed by atoms with Gasteiger partial charge in [-0.1, -0.05) is 6.92 Å². The van der Waals surface area contributed by atoms with E-state index in [-0.39, 0.29) is 18.1 Å². The number of carbonyl (C=O) groups is 1. The Morgan fingerprint density at radius 1 is 1.27 bits per heavy atom. The molecule has 1 aliphatic carbocycles. The normalized spacial score (nSPS) is 21.3. The summed E-state index contributed by atoms with van der Waals surface area (Å²) < 4.78 is 27.7. The Balaban J connectivity index is 1.62. The van der Waals surface area contributed by atoms with Crippen LogP contribution in [-0.2, 0) is 6.42 Å². The molecule has 0 unspecified atom stereocenters. The molecule has 1 saturated heterocycles. The number of urea groups is 1. The molecule has 1 heterocycles. The summed E-state index contributed by atoms with van der Waals surface area (Å²) in [6.45, 7) is 5.32. The maximum atomic E-state index is 14.0. The van der Waals surface area contributed by atoms with Crippen molar-refractivity contribution in [3.05, 3.63) is 34.9 Å². The van der Waals surface area contributed by atoms with E-state index < -0.39 is 11.6 Å². The molecule has 3 rings (SSSR count). The fourth-order valence-electron chi connectivity index (χ4n) is 4.25. The highest BCUT2D eigenvalue weighted by Gasteiger charge is 2.29. The van der Waals surface area contributed by atoms with Gasteiger partial charge in [0.25, 0.3) is 0 Å². The molecule has 4 nitrogen and oxygen atoms in total. The first-order valence-corrected chi connectivity index (χ1v) is 9.73. The van der Waals surface area contributed by atoms with E-state index in [1.807, 2.05) is 7.05 Å². The zero-order valence-electron chi connectivity index (χ0n) is 15.7. The smallest absolute Gasteiger partial charge is 0.317 e. The summed E-state index contributed by atoms with van der Waals surface area (Å²) in [7, 11) is 1.82. The second-order valence-corrected chi connectivity index (χ2v) is 7.53. The first kappa shape index (κ1) is 19.1. The second-order valence-electron chi connectivity index (χ2n) is 7.53. The molecule has 0 spiro atoms. The zero-order chi connectivity index (χ0) is 18.7. The molecule has 26 heavy (non-hydrogen) atoms. The lowest BCUT2D eigenvalue weighted by molar-refractivity contribution is 0.132. The van der Waals surface area contributed by atoms with Gasteiger partial charge >= 0.3 is 6.03 Å². The van der Waals surface area contributed by atoms with Crippen molar-refractivity contribution in [3.63, 3.8) is 0 Å². The number of nitrogens with one attached hydrogen (secondary N) is 1. The SMILES string of the molecule is CCCN1CCC(N(C)C(=O)N[C@@H]2CCCc3c(F)cc(F)cc32)CC1. The highest BCUT2D eigenvalue weighted by Crippen LogP contribution is 2.32. The second kappa shape index (κ2) is 8.33. The van der Waals surface area contributed by atoms with Crippen molar-refractivity contribution in [1.82, 2.24) is 15.1 Å². The number of amides is 2. The van der Waals surface area contributed by atoms with E-state index in [4.69, 9.17) is 0 Å². The number of hydrogen-bond acceptors (Lipinski definition) is 2. The standard InChI is InChI=1S/C20H29F2N3O/c1-3-9-25-10-7-15(8-11-25)24(2)20(26)23-19-6-4-5-16-17(19)12-14(21)13-18(16)22/h12-13,15,19H,3-11H2,1-2H3,(H,23,26)/t19-/m1/s1. The molecule has 2 aliphatic rings. The number of nitrogens with zero attached hydrogens (tertiary/aromatic N) is 2. The predicted octanol–water partition coefficient (Wildman–Crippen LogP) is 3.86. The summed E-state index contributed by atoms with van der Waals surface area (Å²) in [6.07, 6.45) is 5.18. The summed E-state index contributed by atoms with van der Waals surface area (Å²) >= 11 is 0. The number of likely N-dealkylation sites (tertiary alicyclic amines) is 1. The first-order chi connectivity index (χ1) is 12.5. The van der Waals surface area contributed by atoms with Crippen LogP contribution >= 0.6 is 0 Å². The van der Waals surface area contributed by atoms with Crippen LogP contribution in [-0.4, -0.2) is 48.6 Å². The summed E-state index contributed by atoms with van der Waals surface area (Å²) in [5.41, 5.74) is 1.13. The Hall–Kier alpha value is -1.69. The fourth-order valence-corrected chi connectivity index (χ4v) is 4.25. The number of rotatable bonds is 4. The van der Waals surface area contributed by atoms with E-state index in [0.29, 0.717) is 24.0 Å². The zero-order valence-corrected chi connectivity index (χ0v) is 15.7. The van der Waals surface area contributed by atoms with Gasteiger partial charge < -0.3 is 15.1 Å². The van der Waals surface area contributed by atoms with Crippen molar-refractivity contribution in [2.24, 2.45) is 0 Å². The third kappa shape index (κ3) is 4.17. The number of carbonyl (C=O) groups excluding carboxylic acids is 1. The van der Waals surface area contributed by atoms with E-state index in [0.717, 1.165) is 51.4 Å². The molecule has 1 aromatic rings. The van der Waals surface area contributed by atoms with Crippen LogP contribution in [0.25, 0.3) is 0 Å². The van der Waals surface area contributed by atoms with Gasteiger partial charge in [0.2, 0.25) is 0 Å². The van der Waals surface area contributed by atoms with Crippen LogP contribution in [0.5, 0.6) is 0 Å². The largest absolute Gasteiger partial charge is 0.331 e. The van der Waals surface area contributed by atoms with Gasteiger partial charge in [-0.2, -0.15) is 0 Å². The maximum absolute atomic E-state index is 14.0. The Labute approximate surface area is 154 Å². The molecule has 1 N–H and O–H groups in total. The average molecular weight is 365 g/mol. The average Bonchev–Trinajstić information content (AvgIpc) is 2.62. The third-order valence-corrected chi connectivity index (χ3v) is 5.75. The molecule has 0 bridgehead atoms. The molecule has 6 heteroatoms. The van der Waals surface area contributed by atoms with Crippen LogP contribution in [0.2, 0.25) is 0 Å².